The maximum absolute atomic E-state index is 6.07. The molecule has 1 aliphatic rings. The maximum Gasteiger partial charge on any atom is 0.218 e. The van der Waals surface area contributed by atoms with Gasteiger partial charge in [0.1, 0.15) is 17.9 Å². The van der Waals surface area contributed by atoms with Crippen molar-refractivity contribution in [2.45, 2.75) is 58.7 Å². The van der Waals surface area contributed by atoms with E-state index >= 15 is 0 Å². The molecule has 0 amide bonds. The largest absolute Gasteiger partial charge is 0.474 e. The van der Waals surface area contributed by atoms with E-state index in [0.29, 0.717) is 36.0 Å². The van der Waals surface area contributed by atoms with Crippen LogP contribution in [0.25, 0.3) is 0 Å². The second-order valence-corrected chi connectivity index (χ2v) is 5.58. The first-order valence-corrected chi connectivity index (χ1v) is 7.88. The topological polar surface area (TPSA) is 44.2 Å². The first kappa shape index (κ1) is 15.5. The van der Waals surface area contributed by atoms with Crippen LogP contribution < -0.4 is 4.74 Å². The lowest BCUT2D eigenvalue weighted by atomic mass is 9.85. The molecule has 0 aromatic carbocycles. The molecular formula is C15H23ClN2O2. The molecule has 1 fully saturated rings. The van der Waals surface area contributed by atoms with Gasteiger partial charge in [0.15, 0.2) is 5.82 Å². The van der Waals surface area contributed by atoms with E-state index in [2.05, 4.69) is 16.9 Å². The molecule has 0 radical (unpaired) electrons. The van der Waals surface area contributed by atoms with Crippen molar-refractivity contribution in [2.24, 2.45) is 5.92 Å². The van der Waals surface area contributed by atoms with Crippen LogP contribution in [0.1, 0.15) is 51.8 Å². The van der Waals surface area contributed by atoms with E-state index in [-0.39, 0.29) is 6.10 Å². The predicted molar refractivity (Wildman–Crippen MR) is 79.0 cm³/mol. The standard InChI is InChI=1S/C15H23ClN2O2/c1-3-11-7-5-6-8-12(11)20-15-9-13(16)17-14(18-15)10-19-4-2/h9,11-12H,3-8,10H2,1-2H3. The van der Waals surface area contributed by atoms with E-state index < -0.39 is 0 Å². The Labute approximate surface area is 125 Å². The Balaban J connectivity index is 2.05. The highest BCUT2D eigenvalue weighted by Gasteiger charge is 2.25. The second kappa shape index (κ2) is 7.79. The minimum Gasteiger partial charge on any atom is -0.474 e. The Kier molecular flexibility index (Phi) is 6.05. The molecule has 0 saturated heterocycles. The van der Waals surface area contributed by atoms with Gasteiger partial charge in [-0.05, 0) is 38.5 Å². The van der Waals surface area contributed by atoms with Crippen molar-refractivity contribution in [1.29, 1.82) is 0 Å². The third-order valence-corrected chi connectivity index (χ3v) is 3.98. The van der Waals surface area contributed by atoms with Gasteiger partial charge in [0.05, 0.1) is 0 Å². The number of halogens is 1. The van der Waals surface area contributed by atoms with Gasteiger partial charge in [-0.15, -0.1) is 0 Å². The van der Waals surface area contributed by atoms with Crippen LogP contribution in [0, 0.1) is 5.92 Å². The minimum atomic E-state index is 0.250. The van der Waals surface area contributed by atoms with Crippen LogP contribution in [-0.2, 0) is 11.3 Å². The summed E-state index contributed by atoms with van der Waals surface area (Å²) in [5.41, 5.74) is 0. The van der Waals surface area contributed by atoms with Gasteiger partial charge in [0.2, 0.25) is 5.88 Å². The van der Waals surface area contributed by atoms with Gasteiger partial charge in [-0.1, -0.05) is 24.9 Å². The number of aromatic nitrogens is 2. The van der Waals surface area contributed by atoms with Crippen LogP contribution in [0.15, 0.2) is 6.07 Å². The summed E-state index contributed by atoms with van der Waals surface area (Å²) in [6.07, 6.45) is 6.27. The van der Waals surface area contributed by atoms with Crippen LogP contribution in [0.4, 0.5) is 0 Å². The highest BCUT2D eigenvalue weighted by atomic mass is 35.5. The van der Waals surface area contributed by atoms with Crippen molar-refractivity contribution < 1.29 is 9.47 Å². The fourth-order valence-electron chi connectivity index (χ4n) is 2.71. The van der Waals surface area contributed by atoms with Crippen molar-refractivity contribution in [3.05, 3.63) is 17.0 Å². The fraction of sp³-hybridized carbons (Fsp3) is 0.733. The quantitative estimate of drug-likeness (QED) is 0.744. The highest BCUT2D eigenvalue weighted by molar-refractivity contribution is 6.29. The molecule has 0 spiro atoms. The van der Waals surface area contributed by atoms with Crippen molar-refractivity contribution in [3.8, 4) is 5.88 Å². The van der Waals surface area contributed by atoms with E-state index in [1.165, 1.54) is 19.3 Å². The van der Waals surface area contributed by atoms with Gasteiger partial charge < -0.3 is 9.47 Å². The van der Waals surface area contributed by atoms with Crippen molar-refractivity contribution in [3.63, 3.8) is 0 Å². The Morgan fingerprint density at radius 1 is 1.25 bits per heavy atom. The maximum atomic E-state index is 6.07. The Bertz CT molecular complexity index is 428. The summed E-state index contributed by atoms with van der Waals surface area (Å²) in [6.45, 7) is 5.16. The summed E-state index contributed by atoms with van der Waals surface area (Å²) in [6, 6.07) is 1.69. The second-order valence-electron chi connectivity index (χ2n) is 5.19. The van der Waals surface area contributed by atoms with Gasteiger partial charge in [0.25, 0.3) is 0 Å². The van der Waals surface area contributed by atoms with Crippen LogP contribution >= 0.6 is 11.6 Å². The van der Waals surface area contributed by atoms with Crippen molar-refractivity contribution in [1.82, 2.24) is 9.97 Å². The minimum absolute atomic E-state index is 0.250. The van der Waals surface area contributed by atoms with Crippen molar-refractivity contribution in [2.75, 3.05) is 6.61 Å². The third-order valence-electron chi connectivity index (χ3n) is 3.79. The molecule has 2 rings (SSSR count). The molecule has 1 aliphatic carbocycles. The lowest BCUT2D eigenvalue weighted by Crippen LogP contribution is -2.30. The molecule has 5 heteroatoms. The van der Waals surface area contributed by atoms with Crippen LogP contribution in [0.2, 0.25) is 5.15 Å². The number of hydrogen-bond acceptors (Lipinski definition) is 4. The Morgan fingerprint density at radius 3 is 2.80 bits per heavy atom. The smallest absolute Gasteiger partial charge is 0.218 e. The zero-order valence-corrected chi connectivity index (χ0v) is 13.0. The molecule has 2 unspecified atom stereocenters. The number of hydrogen-bond donors (Lipinski definition) is 0. The van der Waals surface area contributed by atoms with Crippen LogP contribution in [0.3, 0.4) is 0 Å². The van der Waals surface area contributed by atoms with Gasteiger partial charge in [0, 0.05) is 12.7 Å². The third kappa shape index (κ3) is 4.32. The number of ether oxygens (including phenoxy) is 2. The lowest BCUT2D eigenvalue weighted by molar-refractivity contribution is 0.0836. The monoisotopic (exact) mass is 298 g/mol. The fourth-order valence-corrected chi connectivity index (χ4v) is 2.90. The molecule has 1 aromatic heterocycles. The first-order valence-electron chi connectivity index (χ1n) is 7.50. The SMILES string of the molecule is CCOCc1nc(Cl)cc(OC2CCCCC2CC)n1. The zero-order chi connectivity index (χ0) is 14.4. The molecule has 20 heavy (non-hydrogen) atoms. The summed E-state index contributed by atoms with van der Waals surface area (Å²) in [4.78, 5) is 8.54. The van der Waals surface area contributed by atoms with E-state index in [9.17, 15) is 0 Å². The normalized spacial score (nSPS) is 22.8. The highest BCUT2D eigenvalue weighted by Crippen LogP contribution is 2.30. The summed E-state index contributed by atoms with van der Waals surface area (Å²) >= 11 is 6.03. The van der Waals surface area contributed by atoms with Gasteiger partial charge in [-0.2, -0.15) is 4.98 Å². The van der Waals surface area contributed by atoms with Crippen LogP contribution in [0.5, 0.6) is 5.88 Å². The molecule has 0 aliphatic heterocycles. The van der Waals surface area contributed by atoms with E-state index in [1.54, 1.807) is 6.07 Å². The van der Waals surface area contributed by atoms with Crippen LogP contribution in [-0.4, -0.2) is 22.7 Å². The summed E-state index contributed by atoms with van der Waals surface area (Å²) < 4.78 is 11.4. The summed E-state index contributed by atoms with van der Waals surface area (Å²) in [5, 5.41) is 0.411. The molecule has 1 saturated carbocycles. The molecule has 1 heterocycles. The molecule has 1 aromatic rings. The molecule has 2 atom stereocenters. The Hall–Kier alpha value is -0.870. The van der Waals surface area contributed by atoms with Gasteiger partial charge >= 0.3 is 0 Å². The lowest BCUT2D eigenvalue weighted by Gasteiger charge is -2.30. The molecule has 112 valence electrons. The zero-order valence-electron chi connectivity index (χ0n) is 12.3. The van der Waals surface area contributed by atoms with E-state index in [4.69, 9.17) is 21.1 Å². The Morgan fingerprint density at radius 2 is 2.05 bits per heavy atom. The molecular weight excluding hydrogens is 276 g/mol. The first-order chi connectivity index (χ1) is 9.72. The van der Waals surface area contributed by atoms with Crippen molar-refractivity contribution >= 4 is 11.6 Å². The number of rotatable bonds is 6. The molecule has 0 N–H and O–H groups in total. The van der Waals surface area contributed by atoms with Gasteiger partial charge in [-0.25, -0.2) is 4.98 Å². The van der Waals surface area contributed by atoms with E-state index in [0.717, 1.165) is 12.8 Å². The summed E-state index contributed by atoms with van der Waals surface area (Å²) in [7, 11) is 0. The van der Waals surface area contributed by atoms with Gasteiger partial charge in [-0.3, -0.25) is 0 Å². The summed E-state index contributed by atoms with van der Waals surface area (Å²) in [5.74, 6) is 1.77. The van der Waals surface area contributed by atoms with E-state index in [1.807, 2.05) is 6.92 Å². The molecule has 0 bridgehead atoms. The molecule has 4 nitrogen and oxygen atoms in total. The predicted octanol–water partition coefficient (Wildman–Crippen LogP) is 4.01. The average molecular weight is 299 g/mol. The number of nitrogens with zero attached hydrogens (tertiary/aromatic N) is 2. The average Bonchev–Trinajstić information content (AvgIpc) is 2.45.